The Bertz CT molecular complexity index is 1100. The first kappa shape index (κ1) is 18.3. The van der Waals surface area contributed by atoms with Gasteiger partial charge < -0.3 is 14.7 Å². The zero-order valence-corrected chi connectivity index (χ0v) is 16.4. The van der Waals surface area contributed by atoms with E-state index in [0.717, 1.165) is 22.0 Å². The molecular weight excluding hydrogens is 372 g/mol. The SMILES string of the molecule is Cc1ccc(CNC(=O)C(C)Sc2nnc(-c3c[nH]c4ccccc34)o2)cc1. The molecule has 7 heteroatoms. The maximum Gasteiger partial charge on any atom is 0.277 e. The summed E-state index contributed by atoms with van der Waals surface area (Å²) in [5.74, 6) is 0.365. The number of thioether (sulfide) groups is 1. The molecule has 2 aromatic heterocycles. The largest absolute Gasteiger partial charge is 0.411 e. The van der Waals surface area contributed by atoms with Gasteiger partial charge in [-0.05, 0) is 25.5 Å². The van der Waals surface area contributed by atoms with Crippen LogP contribution in [0.15, 0.2) is 64.4 Å². The van der Waals surface area contributed by atoms with E-state index in [1.165, 1.54) is 17.3 Å². The normalized spacial score (nSPS) is 12.2. The Morgan fingerprint density at radius 1 is 1.18 bits per heavy atom. The van der Waals surface area contributed by atoms with Crippen LogP contribution in [0.1, 0.15) is 18.1 Å². The number of aromatic nitrogens is 3. The van der Waals surface area contributed by atoms with Crippen LogP contribution >= 0.6 is 11.8 Å². The number of hydrogen-bond acceptors (Lipinski definition) is 5. The number of carbonyl (C=O) groups is 1. The molecule has 28 heavy (non-hydrogen) atoms. The predicted octanol–water partition coefficient (Wildman–Crippen LogP) is 4.32. The molecular formula is C21H20N4O2S. The quantitative estimate of drug-likeness (QED) is 0.477. The highest BCUT2D eigenvalue weighted by atomic mass is 32.2. The lowest BCUT2D eigenvalue weighted by Gasteiger charge is -2.10. The maximum atomic E-state index is 12.4. The minimum atomic E-state index is -0.346. The van der Waals surface area contributed by atoms with E-state index in [2.05, 4.69) is 20.5 Å². The van der Waals surface area contributed by atoms with Gasteiger partial charge in [0.15, 0.2) is 0 Å². The van der Waals surface area contributed by atoms with Crippen LogP contribution in [0.4, 0.5) is 0 Å². The minimum Gasteiger partial charge on any atom is -0.411 e. The van der Waals surface area contributed by atoms with E-state index < -0.39 is 0 Å². The predicted molar refractivity (Wildman–Crippen MR) is 110 cm³/mol. The van der Waals surface area contributed by atoms with Crippen LogP contribution in [0.3, 0.4) is 0 Å². The Kier molecular flexibility index (Phi) is 5.16. The Hall–Kier alpha value is -3.06. The third-order valence-electron chi connectivity index (χ3n) is 4.46. The summed E-state index contributed by atoms with van der Waals surface area (Å²) in [4.78, 5) is 15.6. The Labute approximate surface area is 166 Å². The molecule has 0 aliphatic carbocycles. The highest BCUT2D eigenvalue weighted by molar-refractivity contribution is 8.00. The number of para-hydroxylation sites is 1. The molecule has 142 valence electrons. The highest BCUT2D eigenvalue weighted by Crippen LogP contribution is 2.30. The molecule has 0 aliphatic heterocycles. The first-order valence-electron chi connectivity index (χ1n) is 9.00. The Morgan fingerprint density at radius 3 is 2.79 bits per heavy atom. The van der Waals surface area contributed by atoms with E-state index in [4.69, 9.17) is 4.42 Å². The fourth-order valence-electron chi connectivity index (χ4n) is 2.86. The summed E-state index contributed by atoms with van der Waals surface area (Å²) in [6.45, 7) is 4.36. The number of rotatable bonds is 6. The molecule has 4 rings (SSSR count). The number of hydrogen-bond donors (Lipinski definition) is 2. The van der Waals surface area contributed by atoms with Crippen molar-refractivity contribution in [3.8, 4) is 11.5 Å². The van der Waals surface area contributed by atoms with Gasteiger partial charge in [-0.2, -0.15) is 0 Å². The zero-order chi connectivity index (χ0) is 19.5. The van der Waals surface area contributed by atoms with Crippen molar-refractivity contribution >= 4 is 28.6 Å². The molecule has 0 aliphatic rings. The molecule has 0 bridgehead atoms. The second-order valence-electron chi connectivity index (χ2n) is 6.58. The van der Waals surface area contributed by atoms with Gasteiger partial charge in [0, 0.05) is 23.6 Å². The molecule has 0 saturated heterocycles. The second kappa shape index (κ2) is 7.90. The fraction of sp³-hybridized carbons (Fsp3) is 0.190. The Balaban J connectivity index is 1.39. The lowest BCUT2D eigenvalue weighted by Crippen LogP contribution is -2.30. The van der Waals surface area contributed by atoms with Crippen molar-refractivity contribution in [2.75, 3.05) is 0 Å². The van der Waals surface area contributed by atoms with E-state index in [9.17, 15) is 4.79 Å². The van der Waals surface area contributed by atoms with E-state index in [0.29, 0.717) is 17.7 Å². The van der Waals surface area contributed by atoms with Crippen LogP contribution in [0.5, 0.6) is 0 Å². The maximum absolute atomic E-state index is 12.4. The summed E-state index contributed by atoms with van der Waals surface area (Å²) in [5.41, 5.74) is 4.12. The molecule has 2 heterocycles. The number of aromatic amines is 1. The van der Waals surface area contributed by atoms with Crippen molar-refractivity contribution in [2.24, 2.45) is 0 Å². The van der Waals surface area contributed by atoms with E-state index in [1.807, 2.05) is 68.6 Å². The van der Waals surface area contributed by atoms with Crippen LogP contribution in [0.2, 0.25) is 0 Å². The van der Waals surface area contributed by atoms with Gasteiger partial charge in [0.2, 0.25) is 5.91 Å². The smallest absolute Gasteiger partial charge is 0.277 e. The summed E-state index contributed by atoms with van der Waals surface area (Å²) < 4.78 is 5.77. The van der Waals surface area contributed by atoms with E-state index >= 15 is 0 Å². The van der Waals surface area contributed by atoms with Crippen molar-refractivity contribution in [2.45, 2.75) is 30.9 Å². The van der Waals surface area contributed by atoms with E-state index in [1.54, 1.807) is 0 Å². The molecule has 2 aromatic carbocycles. The number of fused-ring (bicyclic) bond motifs is 1. The number of carbonyl (C=O) groups excluding carboxylic acids is 1. The van der Waals surface area contributed by atoms with E-state index in [-0.39, 0.29) is 11.2 Å². The molecule has 1 unspecified atom stereocenters. The van der Waals surface area contributed by atoms with Gasteiger partial charge >= 0.3 is 0 Å². The van der Waals surface area contributed by atoms with Crippen LogP contribution in [-0.2, 0) is 11.3 Å². The molecule has 1 atom stereocenters. The van der Waals surface area contributed by atoms with Crippen molar-refractivity contribution in [3.05, 3.63) is 65.9 Å². The van der Waals surface area contributed by atoms with Crippen LogP contribution in [0, 0.1) is 6.92 Å². The lowest BCUT2D eigenvalue weighted by atomic mass is 10.1. The zero-order valence-electron chi connectivity index (χ0n) is 15.6. The van der Waals surface area contributed by atoms with Gasteiger partial charge in [0.25, 0.3) is 11.1 Å². The number of H-pyrrole nitrogens is 1. The van der Waals surface area contributed by atoms with Gasteiger partial charge in [-0.1, -0.05) is 59.8 Å². The van der Waals surface area contributed by atoms with Crippen molar-refractivity contribution in [3.63, 3.8) is 0 Å². The van der Waals surface area contributed by atoms with Crippen molar-refractivity contribution < 1.29 is 9.21 Å². The van der Waals surface area contributed by atoms with Crippen molar-refractivity contribution in [1.82, 2.24) is 20.5 Å². The molecule has 1 amide bonds. The highest BCUT2D eigenvalue weighted by Gasteiger charge is 2.19. The summed E-state index contributed by atoms with van der Waals surface area (Å²) in [7, 11) is 0. The topological polar surface area (TPSA) is 83.8 Å². The number of nitrogens with one attached hydrogen (secondary N) is 2. The number of aryl methyl sites for hydroxylation is 1. The molecule has 0 saturated carbocycles. The number of nitrogens with zero attached hydrogens (tertiary/aromatic N) is 2. The molecule has 6 nitrogen and oxygen atoms in total. The second-order valence-corrected chi connectivity index (χ2v) is 7.88. The molecule has 2 N–H and O–H groups in total. The molecule has 4 aromatic rings. The number of amides is 1. The summed E-state index contributed by atoms with van der Waals surface area (Å²) in [5, 5.41) is 12.2. The molecule has 0 radical (unpaired) electrons. The average molecular weight is 392 g/mol. The van der Waals surface area contributed by atoms with Gasteiger partial charge in [0.05, 0.1) is 10.8 Å². The van der Waals surface area contributed by atoms with Gasteiger partial charge in [-0.15, -0.1) is 10.2 Å². The summed E-state index contributed by atoms with van der Waals surface area (Å²) in [6, 6.07) is 16.0. The summed E-state index contributed by atoms with van der Waals surface area (Å²) >= 11 is 1.25. The van der Waals surface area contributed by atoms with Crippen LogP contribution < -0.4 is 5.32 Å². The van der Waals surface area contributed by atoms with Crippen LogP contribution in [-0.4, -0.2) is 26.3 Å². The lowest BCUT2D eigenvalue weighted by molar-refractivity contribution is -0.120. The summed E-state index contributed by atoms with van der Waals surface area (Å²) in [6.07, 6.45) is 1.85. The fourth-order valence-corrected chi connectivity index (χ4v) is 3.57. The first-order chi connectivity index (χ1) is 13.6. The van der Waals surface area contributed by atoms with Gasteiger partial charge in [-0.25, -0.2) is 0 Å². The third-order valence-corrected chi connectivity index (χ3v) is 5.39. The molecule has 0 fully saturated rings. The average Bonchev–Trinajstić information content (AvgIpc) is 3.34. The first-order valence-corrected chi connectivity index (χ1v) is 9.88. The standard InChI is InChI=1S/C21H20N4O2S/c1-13-7-9-15(10-8-13)11-23-19(26)14(2)28-21-25-24-20(27-21)17-12-22-18-6-4-3-5-16(17)18/h3-10,12,14,22H,11H2,1-2H3,(H,23,26). The molecule has 0 spiro atoms. The van der Waals surface area contributed by atoms with Gasteiger partial charge in [0.1, 0.15) is 0 Å². The monoisotopic (exact) mass is 392 g/mol. The third kappa shape index (κ3) is 3.94. The van der Waals surface area contributed by atoms with Crippen molar-refractivity contribution in [1.29, 1.82) is 0 Å². The number of benzene rings is 2. The van der Waals surface area contributed by atoms with Gasteiger partial charge in [-0.3, -0.25) is 4.79 Å². The van der Waals surface area contributed by atoms with Crippen LogP contribution in [0.25, 0.3) is 22.4 Å². The minimum absolute atomic E-state index is 0.0718. The Morgan fingerprint density at radius 2 is 1.96 bits per heavy atom.